The van der Waals surface area contributed by atoms with Crippen LogP contribution in [0.15, 0.2) is 79.0 Å². The van der Waals surface area contributed by atoms with E-state index >= 15 is 0 Å². The van der Waals surface area contributed by atoms with E-state index in [1.165, 1.54) is 22.1 Å². The monoisotopic (exact) mass is 356 g/mol. The Labute approximate surface area is 160 Å². The Kier molecular flexibility index (Phi) is 4.59. The number of aromatic amines is 1. The quantitative estimate of drug-likeness (QED) is 0.517. The predicted molar refractivity (Wildman–Crippen MR) is 113 cm³/mol. The number of hydrogen-bond donors (Lipinski definition) is 1. The van der Waals surface area contributed by atoms with Crippen LogP contribution in [0.25, 0.3) is 10.9 Å². The lowest BCUT2D eigenvalue weighted by molar-refractivity contribution is 0.409. The molecule has 3 aromatic carbocycles. The van der Waals surface area contributed by atoms with E-state index in [-0.39, 0.29) is 5.92 Å². The first-order valence-electron chi connectivity index (χ1n) is 9.15. The number of rotatable bonds is 5. The van der Waals surface area contributed by atoms with Crippen molar-refractivity contribution in [2.75, 3.05) is 26.1 Å². The van der Waals surface area contributed by atoms with Crippen molar-refractivity contribution < 1.29 is 4.74 Å². The highest BCUT2D eigenvalue weighted by molar-refractivity contribution is 5.85. The number of anilines is 1. The van der Waals surface area contributed by atoms with Crippen molar-refractivity contribution in [2.24, 2.45) is 0 Å². The number of benzene rings is 3. The Bertz CT molecular complexity index is 1050. The molecule has 0 fully saturated rings. The average molecular weight is 356 g/mol. The molecule has 1 aromatic heterocycles. The van der Waals surface area contributed by atoms with Crippen LogP contribution in [0.2, 0.25) is 0 Å². The molecule has 4 aromatic rings. The fourth-order valence-corrected chi connectivity index (χ4v) is 3.72. The number of H-pyrrole nitrogens is 1. The molecule has 0 aliphatic heterocycles. The topological polar surface area (TPSA) is 28.3 Å². The summed E-state index contributed by atoms with van der Waals surface area (Å²) in [6, 6.07) is 25.5. The second-order valence-corrected chi connectivity index (χ2v) is 6.95. The summed E-state index contributed by atoms with van der Waals surface area (Å²) in [5.41, 5.74) is 5.95. The van der Waals surface area contributed by atoms with Crippen molar-refractivity contribution in [1.82, 2.24) is 4.98 Å². The predicted octanol–water partition coefficient (Wildman–Crippen LogP) is 5.42. The highest BCUT2D eigenvalue weighted by atomic mass is 16.5. The van der Waals surface area contributed by atoms with E-state index in [0.29, 0.717) is 0 Å². The van der Waals surface area contributed by atoms with Gasteiger partial charge in [0.05, 0.1) is 7.11 Å². The van der Waals surface area contributed by atoms with Crippen LogP contribution >= 0.6 is 0 Å². The third kappa shape index (κ3) is 3.17. The van der Waals surface area contributed by atoms with Crippen LogP contribution < -0.4 is 9.64 Å². The number of aromatic nitrogens is 1. The molecule has 27 heavy (non-hydrogen) atoms. The second kappa shape index (κ2) is 7.20. The van der Waals surface area contributed by atoms with Gasteiger partial charge in [-0.3, -0.25) is 0 Å². The summed E-state index contributed by atoms with van der Waals surface area (Å²) in [5.74, 6) is 0.994. The zero-order valence-corrected chi connectivity index (χ0v) is 15.9. The molecule has 1 unspecified atom stereocenters. The number of para-hydroxylation sites is 1. The summed E-state index contributed by atoms with van der Waals surface area (Å²) in [5, 5.41) is 1.24. The van der Waals surface area contributed by atoms with Crippen molar-refractivity contribution in [1.29, 1.82) is 0 Å². The van der Waals surface area contributed by atoms with Crippen LogP contribution in [-0.2, 0) is 0 Å². The van der Waals surface area contributed by atoms with Gasteiger partial charge in [-0.25, -0.2) is 0 Å². The zero-order chi connectivity index (χ0) is 18.8. The van der Waals surface area contributed by atoms with Gasteiger partial charge in [-0.15, -0.1) is 0 Å². The van der Waals surface area contributed by atoms with Gasteiger partial charge in [0.25, 0.3) is 0 Å². The van der Waals surface area contributed by atoms with Gasteiger partial charge in [-0.2, -0.15) is 0 Å². The van der Waals surface area contributed by atoms with E-state index < -0.39 is 0 Å². The number of nitrogens with one attached hydrogen (secondary N) is 1. The number of ether oxygens (including phenoxy) is 1. The lowest BCUT2D eigenvalue weighted by Crippen LogP contribution is -2.10. The zero-order valence-electron chi connectivity index (χ0n) is 15.9. The molecule has 0 amide bonds. The van der Waals surface area contributed by atoms with Crippen LogP contribution in [0.5, 0.6) is 5.75 Å². The molecule has 3 heteroatoms. The SMILES string of the molecule is COc1cc(N(C)C)ccc1C(c1ccccc1)c1c[nH]c2ccccc12. The Balaban J connectivity index is 1.95. The van der Waals surface area contributed by atoms with Crippen molar-refractivity contribution in [3.8, 4) is 5.75 Å². The molecule has 0 aliphatic rings. The van der Waals surface area contributed by atoms with Crippen molar-refractivity contribution in [3.05, 3.63) is 95.7 Å². The summed E-state index contributed by atoms with van der Waals surface area (Å²) < 4.78 is 5.81. The van der Waals surface area contributed by atoms with Crippen LogP contribution in [0.4, 0.5) is 5.69 Å². The summed E-state index contributed by atoms with van der Waals surface area (Å²) in [7, 11) is 5.83. The van der Waals surface area contributed by atoms with Crippen LogP contribution in [-0.4, -0.2) is 26.2 Å². The summed E-state index contributed by atoms with van der Waals surface area (Å²) in [6.07, 6.45) is 2.13. The molecule has 1 N–H and O–H groups in total. The molecule has 0 spiro atoms. The van der Waals surface area contributed by atoms with Gasteiger partial charge in [0.2, 0.25) is 0 Å². The molecule has 4 rings (SSSR count). The number of nitrogens with zero attached hydrogens (tertiary/aromatic N) is 1. The van der Waals surface area contributed by atoms with Gasteiger partial charge in [-0.1, -0.05) is 54.6 Å². The first kappa shape index (κ1) is 17.2. The third-order valence-electron chi connectivity index (χ3n) is 5.11. The van der Waals surface area contributed by atoms with E-state index in [1.807, 2.05) is 14.1 Å². The van der Waals surface area contributed by atoms with E-state index in [4.69, 9.17) is 4.74 Å². The largest absolute Gasteiger partial charge is 0.496 e. The first-order chi connectivity index (χ1) is 13.2. The van der Waals surface area contributed by atoms with Gasteiger partial charge in [-0.05, 0) is 23.3 Å². The number of hydrogen-bond acceptors (Lipinski definition) is 2. The lowest BCUT2D eigenvalue weighted by atomic mass is 9.84. The average Bonchev–Trinajstić information content (AvgIpc) is 3.13. The highest BCUT2D eigenvalue weighted by Gasteiger charge is 2.23. The molecule has 0 radical (unpaired) electrons. The summed E-state index contributed by atoms with van der Waals surface area (Å²) >= 11 is 0. The third-order valence-corrected chi connectivity index (χ3v) is 5.11. The van der Waals surface area contributed by atoms with Crippen molar-refractivity contribution >= 4 is 16.6 Å². The number of fused-ring (bicyclic) bond motifs is 1. The molecule has 136 valence electrons. The minimum Gasteiger partial charge on any atom is -0.496 e. The normalized spacial score (nSPS) is 12.1. The molecule has 0 bridgehead atoms. The maximum atomic E-state index is 5.81. The maximum Gasteiger partial charge on any atom is 0.125 e. The van der Waals surface area contributed by atoms with E-state index in [1.54, 1.807) is 7.11 Å². The van der Waals surface area contributed by atoms with E-state index in [0.717, 1.165) is 17.0 Å². The molecule has 3 nitrogen and oxygen atoms in total. The second-order valence-electron chi connectivity index (χ2n) is 6.95. The minimum atomic E-state index is 0.0912. The standard InChI is InChI=1S/C24H24N2O/c1-26(2)18-13-14-20(23(15-18)27-3)24(17-9-5-4-6-10-17)21-16-25-22-12-8-7-11-19(21)22/h4-16,24-25H,1-3H3. The fraction of sp³-hybridized carbons (Fsp3) is 0.167. The van der Waals surface area contributed by atoms with E-state index in [9.17, 15) is 0 Å². The molecular formula is C24H24N2O. The van der Waals surface area contributed by atoms with E-state index in [2.05, 4.69) is 88.9 Å². The smallest absolute Gasteiger partial charge is 0.125 e. The fourth-order valence-electron chi connectivity index (χ4n) is 3.72. The Morgan fingerprint density at radius 1 is 0.852 bits per heavy atom. The Hall–Kier alpha value is -3.20. The summed E-state index contributed by atoms with van der Waals surface area (Å²) in [4.78, 5) is 5.52. The van der Waals surface area contributed by atoms with Gasteiger partial charge in [0.15, 0.2) is 0 Å². The molecule has 0 saturated carbocycles. The molecule has 0 saturated heterocycles. The summed E-state index contributed by atoms with van der Waals surface area (Å²) in [6.45, 7) is 0. The minimum absolute atomic E-state index is 0.0912. The van der Waals surface area contributed by atoms with Crippen LogP contribution in [0, 0.1) is 0 Å². The molecule has 1 atom stereocenters. The number of methoxy groups -OCH3 is 1. The molecular weight excluding hydrogens is 332 g/mol. The van der Waals surface area contributed by atoms with Gasteiger partial charge < -0.3 is 14.6 Å². The lowest BCUT2D eigenvalue weighted by Gasteiger charge is -2.22. The molecule has 1 heterocycles. The maximum absolute atomic E-state index is 5.81. The van der Waals surface area contributed by atoms with Gasteiger partial charge in [0, 0.05) is 54.4 Å². The Morgan fingerprint density at radius 3 is 2.33 bits per heavy atom. The van der Waals surface area contributed by atoms with Gasteiger partial charge in [0.1, 0.15) is 5.75 Å². The Morgan fingerprint density at radius 2 is 1.59 bits per heavy atom. The van der Waals surface area contributed by atoms with Crippen molar-refractivity contribution in [2.45, 2.75) is 5.92 Å². The van der Waals surface area contributed by atoms with Crippen LogP contribution in [0.3, 0.4) is 0 Å². The van der Waals surface area contributed by atoms with Gasteiger partial charge >= 0.3 is 0 Å². The van der Waals surface area contributed by atoms with Crippen LogP contribution in [0.1, 0.15) is 22.6 Å². The molecule has 0 aliphatic carbocycles. The first-order valence-corrected chi connectivity index (χ1v) is 9.15. The van der Waals surface area contributed by atoms with Crippen molar-refractivity contribution in [3.63, 3.8) is 0 Å². The highest BCUT2D eigenvalue weighted by Crippen LogP contribution is 2.41.